The number of aromatic nitrogens is 4. The molecule has 222 valence electrons. The van der Waals surface area contributed by atoms with Gasteiger partial charge in [0.2, 0.25) is 6.19 Å². The summed E-state index contributed by atoms with van der Waals surface area (Å²) in [5, 5.41) is 18.9. The topological polar surface area (TPSA) is 95.1 Å². The number of nitriles is 1. The molecule has 2 aromatic carbocycles. The van der Waals surface area contributed by atoms with E-state index in [9.17, 15) is 9.65 Å². The Labute approximate surface area is 252 Å². The highest BCUT2D eigenvalue weighted by Gasteiger charge is 2.49. The molecule has 0 radical (unpaired) electrons. The number of halogens is 3. The molecule has 2 aromatic heterocycles. The van der Waals surface area contributed by atoms with Gasteiger partial charge in [-0.25, -0.2) is 8.78 Å². The van der Waals surface area contributed by atoms with Gasteiger partial charge in [0, 0.05) is 60.0 Å². The first kappa shape index (κ1) is 27.0. The van der Waals surface area contributed by atoms with E-state index in [0.29, 0.717) is 52.7 Å². The predicted octanol–water partition coefficient (Wildman–Crippen LogP) is 4.97. The van der Waals surface area contributed by atoms with Gasteiger partial charge in [0.15, 0.2) is 5.82 Å². The van der Waals surface area contributed by atoms with Crippen LogP contribution in [-0.2, 0) is 0 Å². The molecule has 12 heteroatoms. The summed E-state index contributed by atoms with van der Waals surface area (Å²) in [7, 11) is 0. The van der Waals surface area contributed by atoms with Crippen LogP contribution in [-0.4, -0.2) is 81.2 Å². The smallest absolute Gasteiger partial charge is 0.319 e. The quantitative estimate of drug-likeness (QED) is 0.341. The largest absolute Gasteiger partial charge is 0.461 e. The first-order chi connectivity index (χ1) is 20.8. The lowest BCUT2D eigenvalue weighted by Gasteiger charge is -2.34. The molecule has 1 N–H and O–H groups in total. The minimum absolute atomic E-state index is 0.0704. The molecule has 6 heterocycles. The molecular weight excluding hydrogens is 574 g/mol. The Morgan fingerprint density at radius 3 is 2.79 bits per heavy atom. The number of piperazine rings is 1. The van der Waals surface area contributed by atoms with Crippen molar-refractivity contribution in [3.63, 3.8) is 0 Å². The highest BCUT2D eigenvalue weighted by Crippen LogP contribution is 2.44. The van der Waals surface area contributed by atoms with Crippen LogP contribution in [0, 0.1) is 24.2 Å². The van der Waals surface area contributed by atoms with Crippen LogP contribution in [0.15, 0.2) is 24.4 Å². The highest BCUT2D eigenvalue weighted by atomic mass is 35.5. The lowest BCUT2D eigenvalue weighted by atomic mass is 9.95. The van der Waals surface area contributed by atoms with E-state index >= 15 is 4.39 Å². The average molecular weight is 605 g/mol. The zero-order valence-electron chi connectivity index (χ0n) is 23.8. The number of nitrogens with one attached hydrogen (secondary N) is 1. The van der Waals surface area contributed by atoms with E-state index in [2.05, 4.69) is 31.4 Å². The Kier molecular flexibility index (Phi) is 6.26. The van der Waals surface area contributed by atoms with Crippen molar-refractivity contribution < 1.29 is 13.5 Å². The third-order valence-corrected chi connectivity index (χ3v) is 10.2. The molecule has 2 bridgehead atoms. The van der Waals surface area contributed by atoms with Gasteiger partial charge in [-0.15, -0.1) is 0 Å². The molecule has 0 saturated carbocycles. The van der Waals surface area contributed by atoms with Gasteiger partial charge in [0.1, 0.15) is 24.1 Å². The van der Waals surface area contributed by atoms with Crippen LogP contribution in [0.1, 0.15) is 37.7 Å². The van der Waals surface area contributed by atoms with Gasteiger partial charge in [-0.3, -0.25) is 4.90 Å². The van der Waals surface area contributed by atoms with E-state index in [1.807, 2.05) is 19.1 Å². The second-order valence-electron chi connectivity index (χ2n) is 12.5. The van der Waals surface area contributed by atoms with Crippen molar-refractivity contribution in [3.8, 4) is 23.3 Å². The Bertz CT molecular complexity index is 1810. The van der Waals surface area contributed by atoms with Crippen LogP contribution in [0.3, 0.4) is 0 Å². The number of fused-ring (bicyclic) bond motifs is 5. The molecule has 2 unspecified atom stereocenters. The maximum atomic E-state index is 16.9. The van der Waals surface area contributed by atoms with E-state index in [0.717, 1.165) is 50.9 Å². The fourth-order valence-electron chi connectivity index (χ4n) is 7.92. The van der Waals surface area contributed by atoms with Crippen LogP contribution in [0.4, 0.5) is 14.6 Å². The third-order valence-electron chi connectivity index (χ3n) is 9.88. The first-order valence-corrected chi connectivity index (χ1v) is 15.3. The molecule has 4 saturated heterocycles. The van der Waals surface area contributed by atoms with E-state index in [1.54, 1.807) is 12.3 Å². The highest BCUT2D eigenvalue weighted by molar-refractivity contribution is 6.35. The number of alkyl halides is 1. The minimum Gasteiger partial charge on any atom is -0.461 e. The molecule has 0 aliphatic carbocycles. The zero-order valence-corrected chi connectivity index (χ0v) is 24.5. The van der Waals surface area contributed by atoms with Crippen LogP contribution >= 0.6 is 11.6 Å². The number of aryl methyl sites for hydroxylation is 1. The van der Waals surface area contributed by atoms with Gasteiger partial charge in [-0.05, 0) is 50.8 Å². The second-order valence-corrected chi connectivity index (χ2v) is 12.9. The van der Waals surface area contributed by atoms with Crippen molar-refractivity contribution in [1.82, 2.24) is 30.0 Å². The number of ether oxygens (including phenoxy) is 1. The van der Waals surface area contributed by atoms with Crippen molar-refractivity contribution in [2.24, 2.45) is 0 Å². The summed E-state index contributed by atoms with van der Waals surface area (Å²) >= 11 is 6.91. The molecule has 4 aromatic rings. The van der Waals surface area contributed by atoms with Gasteiger partial charge in [-0.2, -0.15) is 25.0 Å². The van der Waals surface area contributed by atoms with E-state index in [-0.39, 0.29) is 28.7 Å². The standard InChI is InChI=1S/C31H31ClF2N8O/c1-17-3-4-18-11-36-42(16-35)28(18)24(17)25-23(32)9-22-27(26(25)34)38-30(39-29(22)40-13-20-5-6-21(14-40)37-20)43-15-31-7-2-8-41(31)12-19(33)10-31/h3-4,9,11,19-21,37H,2,5-8,10,12-15H2,1H3/t19-,20?,21?,31+/m1/s1. The number of rotatable bonds is 5. The van der Waals surface area contributed by atoms with Gasteiger partial charge < -0.3 is 15.0 Å². The van der Waals surface area contributed by atoms with Crippen molar-refractivity contribution in [2.75, 3.05) is 37.7 Å². The third kappa shape index (κ3) is 4.25. The van der Waals surface area contributed by atoms with Crippen molar-refractivity contribution in [3.05, 3.63) is 40.8 Å². The molecule has 4 fully saturated rings. The average Bonchev–Trinajstić information content (AvgIpc) is 3.74. The molecular formula is C31H31ClF2N8O. The number of nitrogens with zero attached hydrogens (tertiary/aromatic N) is 7. The van der Waals surface area contributed by atoms with E-state index in [4.69, 9.17) is 21.3 Å². The monoisotopic (exact) mass is 604 g/mol. The fraction of sp³-hybridized carbons (Fsp3) is 0.484. The predicted molar refractivity (Wildman–Crippen MR) is 160 cm³/mol. The number of anilines is 1. The summed E-state index contributed by atoms with van der Waals surface area (Å²) in [6, 6.07) is 6.16. The normalized spacial score (nSPS) is 26.9. The molecule has 8 rings (SSSR count). The second kappa shape index (κ2) is 9.97. The lowest BCUT2D eigenvalue weighted by Crippen LogP contribution is -2.51. The summed E-state index contributed by atoms with van der Waals surface area (Å²) in [5.74, 6) is -0.0287. The van der Waals surface area contributed by atoms with Gasteiger partial charge in [0.25, 0.3) is 0 Å². The van der Waals surface area contributed by atoms with E-state index in [1.165, 1.54) is 4.68 Å². The maximum absolute atomic E-state index is 16.9. The first-order valence-electron chi connectivity index (χ1n) is 14.9. The van der Waals surface area contributed by atoms with Gasteiger partial charge in [-0.1, -0.05) is 23.7 Å². The molecule has 0 spiro atoms. The molecule has 4 aliphatic heterocycles. The molecule has 4 aliphatic rings. The molecule has 4 atom stereocenters. The van der Waals surface area contributed by atoms with Crippen LogP contribution < -0.4 is 15.0 Å². The van der Waals surface area contributed by atoms with Gasteiger partial charge >= 0.3 is 6.01 Å². The Morgan fingerprint density at radius 2 is 2.00 bits per heavy atom. The van der Waals surface area contributed by atoms with Crippen molar-refractivity contribution in [1.29, 1.82) is 5.26 Å². The Hall–Kier alpha value is -3.59. The Morgan fingerprint density at radius 1 is 1.19 bits per heavy atom. The van der Waals surface area contributed by atoms with Gasteiger partial charge in [0.05, 0.1) is 22.3 Å². The minimum atomic E-state index is -0.886. The number of benzene rings is 2. The molecule has 9 nitrogen and oxygen atoms in total. The summed E-state index contributed by atoms with van der Waals surface area (Å²) in [6.07, 6.45) is 7.15. The van der Waals surface area contributed by atoms with Crippen molar-refractivity contribution >= 4 is 39.2 Å². The number of hydrogen-bond donors (Lipinski definition) is 1. The maximum Gasteiger partial charge on any atom is 0.319 e. The van der Waals surface area contributed by atoms with E-state index < -0.39 is 17.5 Å². The van der Waals surface area contributed by atoms with Crippen LogP contribution in [0.25, 0.3) is 32.9 Å². The summed E-state index contributed by atoms with van der Waals surface area (Å²) < 4.78 is 38.8. The SMILES string of the molecule is Cc1ccc2cnn(C#N)c2c1-c1c(Cl)cc2c(N3CC4CCC(C3)N4)nc(OC[C@@]34CCCN3C[C@H](F)C4)nc2c1F. The Balaban J connectivity index is 1.29. The summed E-state index contributed by atoms with van der Waals surface area (Å²) in [6.45, 7) is 4.81. The van der Waals surface area contributed by atoms with Crippen molar-refractivity contribution in [2.45, 2.75) is 62.8 Å². The lowest BCUT2D eigenvalue weighted by molar-refractivity contribution is 0.107. The fourth-order valence-corrected chi connectivity index (χ4v) is 8.21. The number of hydrogen-bond acceptors (Lipinski definition) is 8. The molecule has 0 amide bonds. The molecule has 43 heavy (non-hydrogen) atoms. The van der Waals surface area contributed by atoms with Crippen LogP contribution in [0.5, 0.6) is 6.01 Å². The zero-order chi connectivity index (χ0) is 29.5. The summed E-state index contributed by atoms with van der Waals surface area (Å²) in [4.78, 5) is 13.8. The summed E-state index contributed by atoms with van der Waals surface area (Å²) in [5.41, 5.74) is 1.58. The van der Waals surface area contributed by atoms with Crippen LogP contribution in [0.2, 0.25) is 5.02 Å².